The van der Waals surface area contributed by atoms with Crippen LogP contribution in [0.15, 0.2) is 0 Å². The lowest BCUT2D eigenvalue weighted by atomic mass is 9.97. The topological polar surface area (TPSA) is 177 Å². The molecule has 0 aliphatic rings. The van der Waals surface area contributed by atoms with Gasteiger partial charge in [-0.3, -0.25) is 5.41 Å². The van der Waals surface area contributed by atoms with E-state index in [0.29, 0.717) is 0 Å². The molecular weight excluding hydrogens is 205 g/mol. The molecule has 0 saturated carbocycles. The van der Waals surface area contributed by atoms with Crippen molar-refractivity contribution in [1.82, 2.24) is 0 Å². The fourth-order valence-corrected chi connectivity index (χ4v) is 0.0500. The molecule has 0 rings (SSSR count). The molecule has 0 saturated heterocycles. The number of aliphatic hydroxyl groups is 2. The summed E-state index contributed by atoms with van der Waals surface area (Å²) in [4.78, 5) is 0. The van der Waals surface area contributed by atoms with Gasteiger partial charge < -0.3 is 36.8 Å². The van der Waals surface area contributed by atoms with Crippen LogP contribution in [0.5, 0.6) is 0 Å². The Bertz CT molecular complexity index is 143. The summed E-state index contributed by atoms with van der Waals surface area (Å²) < 4.78 is 0. The molecule has 0 heterocycles. The molecule has 92 valence electrons. The Hall–Kier alpha value is -0.865. The minimum Gasteiger partial charge on any atom is -0.402 e. The van der Waals surface area contributed by atoms with Crippen LogP contribution in [-0.4, -0.2) is 51.8 Å². The molecule has 0 atom stereocenters. The van der Waals surface area contributed by atoms with E-state index in [1.807, 2.05) is 0 Å². The molecule has 0 aliphatic carbocycles. The highest BCUT2D eigenvalue weighted by atomic mass is 16.5. The number of nitrogens with two attached hydrogens (primary N) is 2. The Morgan fingerprint density at radius 1 is 1.13 bits per heavy atom. The van der Waals surface area contributed by atoms with Gasteiger partial charge in [0.15, 0.2) is 5.96 Å². The van der Waals surface area contributed by atoms with Crippen molar-refractivity contribution in [3.8, 4) is 0 Å². The van der Waals surface area contributed by atoms with Crippen LogP contribution in [0.1, 0.15) is 13.8 Å². The van der Waals surface area contributed by atoms with Gasteiger partial charge in [-0.1, -0.05) is 13.8 Å². The lowest BCUT2D eigenvalue weighted by Gasteiger charge is -2.16. The molecule has 0 fully saturated rings. The molecule has 8 nitrogen and oxygen atoms in total. The summed E-state index contributed by atoms with van der Waals surface area (Å²) in [6.45, 7) is 3.69. The Morgan fingerprint density at radius 3 is 1.27 bits per heavy atom. The number of guanidine groups is 1. The minimum atomic E-state index is -2.17. The maximum absolute atomic E-state index is 8.43. The number of hydrogen-bond donors (Lipinski definition) is 8. The van der Waals surface area contributed by atoms with Gasteiger partial charge in [0.25, 0.3) is 0 Å². The molecule has 0 spiro atoms. The highest BCUT2D eigenvalue weighted by Gasteiger charge is 2.13. The number of aliphatic hydroxyl groups excluding tert-OH is 2. The molecule has 9 heteroatoms. The van der Waals surface area contributed by atoms with Crippen LogP contribution in [-0.2, 0) is 0 Å². The second-order valence-corrected chi connectivity index (χ2v) is 3.28. The zero-order valence-electron chi connectivity index (χ0n) is 8.88. The third kappa shape index (κ3) is 61.8. The van der Waals surface area contributed by atoms with Gasteiger partial charge >= 0.3 is 7.32 Å². The summed E-state index contributed by atoms with van der Waals surface area (Å²) in [6, 6.07) is 0. The molecule has 15 heavy (non-hydrogen) atoms. The number of nitrogens with one attached hydrogen (secondary N) is 1. The van der Waals surface area contributed by atoms with Crippen LogP contribution in [0.25, 0.3) is 0 Å². The van der Waals surface area contributed by atoms with E-state index in [9.17, 15) is 0 Å². The third-order valence-corrected chi connectivity index (χ3v) is 0.856. The van der Waals surface area contributed by atoms with E-state index in [1.54, 1.807) is 13.8 Å². The monoisotopic (exact) mass is 225 g/mol. The van der Waals surface area contributed by atoms with Crippen molar-refractivity contribution in [2.24, 2.45) is 16.9 Å². The molecule has 0 aromatic carbocycles. The summed E-state index contributed by atoms with van der Waals surface area (Å²) in [5, 5.41) is 44.4. The zero-order valence-corrected chi connectivity index (χ0v) is 8.88. The van der Waals surface area contributed by atoms with Crippen LogP contribution < -0.4 is 11.5 Å². The average Bonchev–Trinajstić information content (AvgIpc) is 2.02. The number of rotatable bonds is 2. The summed E-state index contributed by atoms with van der Waals surface area (Å²) in [5.41, 5.74) is 8.64. The van der Waals surface area contributed by atoms with Crippen LogP contribution in [0.4, 0.5) is 0 Å². The van der Waals surface area contributed by atoms with E-state index < -0.39 is 7.32 Å². The third-order valence-electron chi connectivity index (χ3n) is 0.856. The SMILES string of the molecule is CC(C)(CO)CO.N=C(N)N.OB(O)O. The second-order valence-electron chi connectivity index (χ2n) is 3.28. The van der Waals surface area contributed by atoms with Gasteiger partial charge in [0.2, 0.25) is 0 Å². The minimum absolute atomic E-state index is 0.0451. The molecule has 0 bridgehead atoms. The first kappa shape index (κ1) is 19.7. The second kappa shape index (κ2) is 11.2. The van der Waals surface area contributed by atoms with Crippen molar-refractivity contribution in [3.63, 3.8) is 0 Å². The van der Waals surface area contributed by atoms with Crippen molar-refractivity contribution >= 4 is 13.3 Å². The van der Waals surface area contributed by atoms with E-state index in [0.717, 1.165) is 0 Å². The van der Waals surface area contributed by atoms with Crippen LogP contribution in [0.2, 0.25) is 0 Å². The highest BCUT2D eigenvalue weighted by Crippen LogP contribution is 2.10. The smallest absolute Gasteiger partial charge is 0.402 e. The van der Waals surface area contributed by atoms with Gasteiger partial charge in [-0.15, -0.1) is 0 Å². The zero-order chi connectivity index (χ0) is 13.1. The van der Waals surface area contributed by atoms with Gasteiger partial charge in [-0.25, -0.2) is 0 Å². The van der Waals surface area contributed by atoms with Crippen LogP contribution in [0.3, 0.4) is 0 Å². The largest absolute Gasteiger partial charge is 0.631 e. The Balaban J connectivity index is -0.000000155. The van der Waals surface area contributed by atoms with Crippen molar-refractivity contribution in [3.05, 3.63) is 0 Å². The summed E-state index contributed by atoms with van der Waals surface area (Å²) in [7, 11) is -2.17. The molecule has 0 amide bonds. The Labute approximate surface area is 88.8 Å². The molecule has 0 unspecified atom stereocenters. The highest BCUT2D eigenvalue weighted by molar-refractivity contribution is 6.30. The quantitative estimate of drug-likeness (QED) is 0.138. The van der Waals surface area contributed by atoms with Crippen molar-refractivity contribution in [2.45, 2.75) is 13.8 Å². The molecule has 0 aromatic heterocycles. The van der Waals surface area contributed by atoms with Crippen LogP contribution >= 0.6 is 0 Å². The van der Waals surface area contributed by atoms with Gasteiger partial charge in [0.05, 0.1) is 13.2 Å². The number of hydrogen-bond acceptors (Lipinski definition) is 6. The van der Waals surface area contributed by atoms with Crippen LogP contribution in [0, 0.1) is 10.8 Å². The predicted molar refractivity (Wildman–Crippen MR) is 56.5 cm³/mol. The average molecular weight is 225 g/mol. The van der Waals surface area contributed by atoms with Crippen molar-refractivity contribution in [2.75, 3.05) is 13.2 Å². The molecule has 10 N–H and O–H groups in total. The standard InChI is InChI=1S/C5H12O2.CH5N3.BH3O3/c1-5(2,3-6)4-7;2*2-1(3)4/h6-7H,3-4H2,1-2H3;(H5,2,3,4);2-4H. The molecule has 0 aliphatic heterocycles. The van der Waals surface area contributed by atoms with Crippen molar-refractivity contribution < 1.29 is 25.3 Å². The maximum atomic E-state index is 8.43. The van der Waals surface area contributed by atoms with E-state index in [-0.39, 0.29) is 24.6 Å². The molecule has 0 radical (unpaired) electrons. The summed E-state index contributed by atoms with van der Waals surface area (Å²) >= 11 is 0. The first-order valence-corrected chi connectivity index (χ1v) is 3.94. The Kier molecular flexibility index (Phi) is 14.7. The summed E-state index contributed by atoms with van der Waals surface area (Å²) in [6.07, 6.45) is 0. The molecule has 0 aromatic rings. The van der Waals surface area contributed by atoms with E-state index in [4.69, 9.17) is 30.7 Å². The van der Waals surface area contributed by atoms with Gasteiger partial charge in [-0.05, 0) is 0 Å². The first-order chi connectivity index (χ1) is 6.59. The normalized spacial score (nSPS) is 9.00. The van der Waals surface area contributed by atoms with E-state index in [1.165, 1.54) is 0 Å². The maximum Gasteiger partial charge on any atom is 0.631 e. The van der Waals surface area contributed by atoms with Gasteiger partial charge in [-0.2, -0.15) is 0 Å². The fourth-order valence-electron chi connectivity index (χ4n) is 0.0500. The van der Waals surface area contributed by atoms with Gasteiger partial charge in [0, 0.05) is 5.41 Å². The van der Waals surface area contributed by atoms with Crippen molar-refractivity contribution in [1.29, 1.82) is 5.41 Å². The Morgan fingerprint density at radius 2 is 1.27 bits per heavy atom. The van der Waals surface area contributed by atoms with E-state index >= 15 is 0 Å². The summed E-state index contributed by atoms with van der Waals surface area (Å²) in [5.74, 6) is -0.333. The lowest BCUT2D eigenvalue weighted by Crippen LogP contribution is -2.20. The fraction of sp³-hybridized carbons (Fsp3) is 0.833. The molecular formula is C6H20BN3O5. The lowest BCUT2D eigenvalue weighted by molar-refractivity contribution is 0.0857. The predicted octanol–water partition coefficient (Wildman–Crippen LogP) is -3.22. The van der Waals surface area contributed by atoms with Gasteiger partial charge in [0.1, 0.15) is 0 Å². The van der Waals surface area contributed by atoms with E-state index in [2.05, 4.69) is 11.5 Å². The first-order valence-electron chi connectivity index (χ1n) is 3.94.